The largest absolute Gasteiger partial charge is 1.00 e. The number of nitro benzene ring substituents is 1. The van der Waals surface area contributed by atoms with Crippen molar-refractivity contribution in [2.45, 2.75) is 11.8 Å². The molecule has 0 aliphatic heterocycles. The van der Waals surface area contributed by atoms with Crippen LogP contribution in [0.5, 0.6) is 23.0 Å². The summed E-state index contributed by atoms with van der Waals surface area (Å²) in [6.45, 7) is 1.49. The van der Waals surface area contributed by atoms with Crippen molar-refractivity contribution in [3.63, 3.8) is 0 Å². The molecule has 6 aromatic carbocycles. The van der Waals surface area contributed by atoms with Gasteiger partial charge in [-0.25, -0.2) is 16.8 Å². The number of rotatable bonds is 9. The fourth-order valence-electron chi connectivity index (χ4n) is 4.94. The van der Waals surface area contributed by atoms with E-state index < -0.39 is 24.8 Å². The maximum absolute atomic E-state index is 12.1. The van der Waals surface area contributed by atoms with Crippen molar-refractivity contribution in [3.05, 3.63) is 113 Å². The van der Waals surface area contributed by atoms with Crippen LogP contribution in [-0.4, -0.2) is 54.2 Å². The normalized spacial score (nSPS) is 11.5. The Balaban J connectivity index is 0.000000294. The van der Waals surface area contributed by atoms with Crippen molar-refractivity contribution in [2.75, 3.05) is 16.7 Å². The SMILES string of the molecule is CCS(=O)(=O)c1ccc(O)c(N=Nc2c(O)ccc3cccc(NS(C)(=O)=O)c23)c1.O=[N+]([O-])c1ccc(N=Nc2c(O)ccc3ccccc23)c(O)c1.[Cr].[Na+]. The molecule has 55 heavy (non-hydrogen) atoms. The minimum atomic E-state index is -3.61. The van der Waals surface area contributed by atoms with Crippen LogP contribution in [-0.2, 0) is 37.2 Å². The van der Waals surface area contributed by atoms with Gasteiger partial charge in [0.2, 0.25) is 10.0 Å². The van der Waals surface area contributed by atoms with Gasteiger partial charge >= 0.3 is 29.6 Å². The molecule has 0 atom stereocenters. The molecular formula is C35H30CrN6NaO10S2+. The number of azo groups is 2. The predicted octanol–water partition coefficient (Wildman–Crippen LogP) is 5.41. The molecule has 6 aromatic rings. The van der Waals surface area contributed by atoms with E-state index in [4.69, 9.17) is 0 Å². The van der Waals surface area contributed by atoms with Gasteiger partial charge < -0.3 is 20.4 Å². The number of sulfonamides is 1. The first-order chi connectivity index (χ1) is 25.1. The van der Waals surface area contributed by atoms with Crippen molar-refractivity contribution in [1.82, 2.24) is 0 Å². The number of hydrogen-bond acceptors (Lipinski definition) is 14. The van der Waals surface area contributed by atoms with Crippen LogP contribution in [0.3, 0.4) is 0 Å². The smallest absolute Gasteiger partial charge is 0.506 e. The number of aromatic hydroxyl groups is 4. The molecule has 0 spiro atoms. The van der Waals surface area contributed by atoms with E-state index in [-0.39, 0.29) is 115 Å². The molecule has 5 N–H and O–H groups in total. The number of sulfone groups is 1. The molecule has 0 aromatic heterocycles. The maximum Gasteiger partial charge on any atom is 1.00 e. The van der Waals surface area contributed by atoms with Crippen LogP contribution in [0.4, 0.5) is 34.1 Å². The van der Waals surface area contributed by atoms with Gasteiger partial charge in [-0.1, -0.05) is 55.5 Å². The van der Waals surface area contributed by atoms with E-state index in [1.54, 1.807) is 30.3 Å². The van der Waals surface area contributed by atoms with Crippen LogP contribution in [0, 0.1) is 10.1 Å². The van der Waals surface area contributed by atoms with E-state index in [0.717, 1.165) is 17.7 Å². The Labute approximate surface area is 347 Å². The molecule has 20 heteroatoms. The molecule has 0 heterocycles. The van der Waals surface area contributed by atoms with Crippen molar-refractivity contribution < 1.29 is 89.1 Å². The van der Waals surface area contributed by atoms with E-state index >= 15 is 0 Å². The first-order valence-electron chi connectivity index (χ1n) is 15.4. The molecule has 0 unspecified atom stereocenters. The number of benzene rings is 6. The van der Waals surface area contributed by atoms with E-state index in [1.807, 2.05) is 18.2 Å². The van der Waals surface area contributed by atoms with Crippen LogP contribution in [0.15, 0.2) is 128 Å². The zero-order valence-electron chi connectivity index (χ0n) is 29.2. The quantitative estimate of drug-likeness (QED) is 0.0536. The second kappa shape index (κ2) is 18.5. The Morgan fingerprint density at radius 3 is 1.93 bits per heavy atom. The number of nitrogens with zero attached hydrogens (tertiary/aromatic N) is 5. The van der Waals surface area contributed by atoms with Gasteiger partial charge in [0.1, 0.15) is 45.7 Å². The fourth-order valence-corrected chi connectivity index (χ4v) is 6.41. The third-order valence-electron chi connectivity index (χ3n) is 7.54. The first kappa shape index (κ1) is 44.3. The van der Waals surface area contributed by atoms with E-state index in [9.17, 15) is 47.4 Å². The van der Waals surface area contributed by atoms with Gasteiger partial charge in [-0.3, -0.25) is 14.8 Å². The Morgan fingerprint density at radius 2 is 1.27 bits per heavy atom. The summed E-state index contributed by atoms with van der Waals surface area (Å²) in [5, 5.41) is 69.0. The summed E-state index contributed by atoms with van der Waals surface area (Å²) >= 11 is 0. The Bertz CT molecular complexity index is 2680. The monoisotopic (exact) mass is 833 g/mol. The Kier molecular flexibility index (Phi) is 14.9. The molecule has 16 nitrogen and oxygen atoms in total. The van der Waals surface area contributed by atoms with E-state index in [2.05, 4.69) is 25.2 Å². The standard InChI is InChI=1S/C19H19N3O6S2.C16H11N3O4.Cr.Na/c1-3-30(27,28)13-8-10-16(23)15(11-13)20-21-19-17(24)9-7-12-5-4-6-14(18(12)19)22-29(2,25)26;20-14-8-5-10-3-1-2-4-12(10)16(14)18-17-13-7-6-11(19(22)23)9-15(13)21;;/h4-11,22-24H,3H2,1-2H3;1-9,20-21H;;/q;;;+1. The predicted molar refractivity (Wildman–Crippen MR) is 199 cm³/mol. The summed E-state index contributed by atoms with van der Waals surface area (Å²) in [5.74, 6) is -1.11. The second-order valence-corrected chi connectivity index (χ2v) is 15.3. The van der Waals surface area contributed by atoms with Crippen molar-refractivity contribution in [2.24, 2.45) is 20.5 Å². The van der Waals surface area contributed by atoms with Gasteiger partial charge in [0, 0.05) is 34.2 Å². The maximum atomic E-state index is 12.1. The molecule has 0 saturated heterocycles. The summed E-state index contributed by atoms with van der Waals surface area (Å²) in [6.07, 6.45) is 0.994. The molecule has 278 valence electrons. The van der Waals surface area contributed by atoms with E-state index in [1.165, 1.54) is 55.5 Å². The number of anilines is 1. The van der Waals surface area contributed by atoms with E-state index in [0.29, 0.717) is 16.2 Å². The number of phenols is 4. The molecule has 0 aliphatic carbocycles. The molecule has 0 fully saturated rings. The third kappa shape index (κ3) is 10.8. The number of hydrogen-bond donors (Lipinski definition) is 5. The number of nitrogens with one attached hydrogen (secondary N) is 1. The summed E-state index contributed by atoms with van der Waals surface area (Å²) < 4.78 is 50.0. The minimum Gasteiger partial charge on any atom is -0.506 e. The molecule has 0 bridgehead atoms. The Hall–Kier alpha value is -5.13. The second-order valence-electron chi connectivity index (χ2n) is 11.2. The molecule has 0 amide bonds. The zero-order chi connectivity index (χ0) is 38.5. The number of non-ortho nitro benzene ring substituents is 1. The Morgan fingerprint density at radius 1 is 0.673 bits per heavy atom. The molecule has 6 rings (SSSR count). The summed E-state index contributed by atoms with van der Waals surface area (Å²) in [5.41, 5.74) is 0.126. The number of phenolic OH excluding ortho intramolecular Hbond substituents is 4. The van der Waals surface area contributed by atoms with Crippen molar-refractivity contribution >= 4 is 75.5 Å². The van der Waals surface area contributed by atoms with Gasteiger partial charge in [-0.05, 0) is 53.2 Å². The van der Waals surface area contributed by atoms with Crippen LogP contribution < -0.4 is 34.3 Å². The third-order valence-corrected chi connectivity index (χ3v) is 9.87. The van der Waals surface area contributed by atoms with Crippen LogP contribution in [0.1, 0.15) is 6.92 Å². The zero-order valence-corrected chi connectivity index (χ0v) is 34.1. The molecule has 0 radical (unpaired) electrons. The molecule has 0 aliphatic rings. The van der Waals surface area contributed by atoms with Crippen LogP contribution in [0.2, 0.25) is 0 Å². The average molecular weight is 834 g/mol. The molecular weight excluding hydrogens is 804 g/mol. The van der Waals surface area contributed by atoms with Gasteiger partial charge in [0.05, 0.1) is 33.6 Å². The average Bonchev–Trinajstić information content (AvgIpc) is 3.11. The van der Waals surface area contributed by atoms with Crippen LogP contribution in [0.25, 0.3) is 21.5 Å². The minimum absolute atomic E-state index is 0. The topological polar surface area (TPSA) is 254 Å². The van der Waals surface area contributed by atoms with Crippen LogP contribution >= 0.6 is 0 Å². The van der Waals surface area contributed by atoms with Crippen molar-refractivity contribution in [3.8, 4) is 23.0 Å². The van der Waals surface area contributed by atoms with Gasteiger partial charge in [-0.15, -0.1) is 20.5 Å². The molecule has 0 saturated carbocycles. The summed E-state index contributed by atoms with van der Waals surface area (Å²) in [7, 11) is -7.14. The number of nitro groups is 1. The van der Waals surface area contributed by atoms with Gasteiger partial charge in [-0.2, -0.15) is 0 Å². The summed E-state index contributed by atoms with van der Waals surface area (Å²) in [6, 6.07) is 25.5. The van der Waals surface area contributed by atoms with Crippen molar-refractivity contribution in [1.29, 1.82) is 0 Å². The first-order valence-corrected chi connectivity index (χ1v) is 18.9. The van der Waals surface area contributed by atoms with Gasteiger partial charge in [0.15, 0.2) is 9.84 Å². The fraction of sp³-hybridized carbons (Fsp3) is 0.0857. The van der Waals surface area contributed by atoms with Gasteiger partial charge in [0.25, 0.3) is 5.69 Å². The summed E-state index contributed by atoms with van der Waals surface area (Å²) in [4.78, 5) is 10.00. The number of fused-ring (bicyclic) bond motifs is 2.